The number of carbonyl (C=O) groups excluding carboxylic acids is 2. The monoisotopic (exact) mass is 532 g/mol. The van der Waals surface area contributed by atoms with E-state index in [0.717, 1.165) is 12.8 Å². The molecular weight excluding hydrogens is 505 g/mol. The van der Waals surface area contributed by atoms with Gasteiger partial charge >= 0.3 is 5.97 Å². The molecule has 2 aromatic carbocycles. The molecule has 2 aromatic rings. The van der Waals surface area contributed by atoms with Crippen molar-refractivity contribution in [3.05, 3.63) is 63.6 Å². The van der Waals surface area contributed by atoms with E-state index in [-0.39, 0.29) is 27.9 Å². The number of amides is 2. The summed E-state index contributed by atoms with van der Waals surface area (Å²) in [7, 11) is 1.52. The molecular formula is C25H28Cl2N5O4+. The minimum Gasteiger partial charge on any atom is -0.480 e. The summed E-state index contributed by atoms with van der Waals surface area (Å²) in [6, 6.07) is 10.4. The summed E-state index contributed by atoms with van der Waals surface area (Å²) in [5, 5.41) is 23.2. The van der Waals surface area contributed by atoms with Crippen LogP contribution in [0.3, 0.4) is 0 Å². The summed E-state index contributed by atoms with van der Waals surface area (Å²) >= 11 is 12.2. The summed E-state index contributed by atoms with van der Waals surface area (Å²) in [6.45, 7) is 0.356. The van der Waals surface area contributed by atoms with Crippen LogP contribution in [0.2, 0.25) is 10.0 Å². The average molecular weight is 533 g/mol. The van der Waals surface area contributed by atoms with E-state index in [1.54, 1.807) is 42.5 Å². The Labute approximate surface area is 219 Å². The van der Waals surface area contributed by atoms with E-state index in [2.05, 4.69) is 25.8 Å². The molecule has 1 atom stereocenters. The number of anilines is 1. The Morgan fingerprint density at radius 3 is 2.31 bits per heavy atom. The number of carboxylic acids is 1. The Kier molecular flexibility index (Phi) is 9.58. The second-order valence-electron chi connectivity index (χ2n) is 8.71. The topological polar surface area (TPSA) is 134 Å². The van der Waals surface area contributed by atoms with Crippen molar-refractivity contribution in [1.29, 1.82) is 0 Å². The number of hydrogen-bond donors (Lipinski definition) is 3. The molecule has 1 aliphatic carbocycles. The highest BCUT2D eigenvalue weighted by Crippen LogP contribution is 2.41. The number of halogens is 2. The molecule has 0 radical (unpaired) electrons. The lowest BCUT2D eigenvalue weighted by atomic mass is 9.81. The minimum atomic E-state index is -1.12. The predicted molar refractivity (Wildman–Crippen MR) is 137 cm³/mol. The van der Waals surface area contributed by atoms with Crippen molar-refractivity contribution in [1.82, 2.24) is 10.2 Å². The molecule has 1 fully saturated rings. The van der Waals surface area contributed by atoms with Crippen LogP contribution in [0.15, 0.2) is 52.7 Å². The van der Waals surface area contributed by atoms with Gasteiger partial charge in [0.2, 0.25) is 10.8 Å². The highest BCUT2D eigenvalue weighted by atomic mass is 35.5. The van der Waals surface area contributed by atoms with Crippen LogP contribution in [0, 0.1) is 5.41 Å². The molecule has 0 aromatic heterocycles. The van der Waals surface area contributed by atoms with Crippen molar-refractivity contribution < 1.29 is 19.5 Å². The maximum atomic E-state index is 13.2. The number of rotatable bonds is 10. The number of hydrogen-bond acceptors (Lipinski definition) is 5. The molecule has 0 saturated heterocycles. The van der Waals surface area contributed by atoms with Crippen molar-refractivity contribution in [2.24, 2.45) is 15.6 Å². The lowest BCUT2D eigenvalue weighted by Gasteiger charge is -2.28. The van der Waals surface area contributed by atoms with Gasteiger partial charge in [-0.3, -0.25) is 9.59 Å². The van der Waals surface area contributed by atoms with E-state index in [9.17, 15) is 19.5 Å². The van der Waals surface area contributed by atoms with E-state index < -0.39 is 23.3 Å². The fourth-order valence-electron chi connectivity index (χ4n) is 4.39. The first-order valence-corrected chi connectivity index (χ1v) is 12.3. The fraction of sp³-hybridized carbons (Fsp3) is 0.400. The van der Waals surface area contributed by atoms with Gasteiger partial charge in [-0.25, -0.2) is 4.79 Å². The highest BCUT2D eigenvalue weighted by molar-refractivity contribution is 6.40. The Hall–Kier alpha value is -3.26. The lowest BCUT2D eigenvalue weighted by molar-refractivity contribution is -0.144. The van der Waals surface area contributed by atoms with Gasteiger partial charge in [-0.05, 0) is 49.1 Å². The summed E-state index contributed by atoms with van der Waals surface area (Å²) < 4.78 is 0. The highest BCUT2D eigenvalue weighted by Gasteiger charge is 2.42. The molecule has 11 heteroatoms. The van der Waals surface area contributed by atoms with Gasteiger partial charge in [-0.2, -0.15) is 0 Å². The normalized spacial score (nSPS) is 14.9. The van der Waals surface area contributed by atoms with Crippen molar-refractivity contribution in [2.45, 2.75) is 44.6 Å². The Balaban J connectivity index is 1.65. The number of aliphatic carboxylic acids is 1. The minimum absolute atomic E-state index is 0.0934. The molecule has 36 heavy (non-hydrogen) atoms. The molecule has 9 nitrogen and oxygen atoms in total. The molecule has 1 unspecified atom stereocenters. The summed E-state index contributed by atoms with van der Waals surface area (Å²) in [6.07, 6.45) is 3.78. The van der Waals surface area contributed by atoms with Crippen LogP contribution in [-0.4, -0.2) is 42.5 Å². The van der Waals surface area contributed by atoms with E-state index in [1.807, 2.05) is 0 Å². The molecule has 190 valence electrons. The van der Waals surface area contributed by atoms with Crippen LogP contribution < -0.4 is 15.5 Å². The van der Waals surface area contributed by atoms with Crippen molar-refractivity contribution in [2.75, 3.05) is 18.9 Å². The van der Waals surface area contributed by atoms with Gasteiger partial charge in [-0.15, -0.1) is 0 Å². The van der Waals surface area contributed by atoms with E-state index in [4.69, 9.17) is 23.2 Å². The third kappa shape index (κ3) is 6.91. The van der Waals surface area contributed by atoms with Crippen LogP contribution in [0.1, 0.15) is 48.0 Å². The van der Waals surface area contributed by atoms with E-state index >= 15 is 0 Å². The van der Waals surface area contributed by atoms with Crippen molar-refractivity contribution >= 4 is 46.7 Å². The smallest absolute Gasteiger partial charge is 0.326 e. The van der Waals surface area contributed by atoms with Crippen LogP contribution in [0.25, 0.3) is 0 Å². The summed E-state index contributed by atoms with van der Waals surface area (Å²) in [4.78, 5) is 41.3. The predicted octanol–water partition coefficient (Wildman–Crippen LogP) is 4.91. The second kappa shape index (κ2) is 12.6. The molecule has 0 spiro atoms. The number of nitrogens with zero attached hydrogens (tertiary/aromatic N) is 3. The zero-order valence-corrected chi connectivity index (χ0v) is 21.3. The van der Waals surface area contributed by atoms with Crippen molar-refractivity contribution in [3.8, 4) is 0 Å². The first kappa shape index (κ1) is 27.3. The second-order valence-corrected chi connectivity index (χ2v) is 9.52. The zero-order valence-electron chi connectivity index (χ0n) is 19.8. The summed E-state index contributed by atoms with van der Waals surface area (Å²) in [5.41, 5.74) is 0.711. The molecule has 3 rings (SSSR count). The third-order valence-corrected chi connectivity index (χ3v) is 6.96. The van der Waals surface area contributed by atoms with Gasteiger partial charge in [0.05, 0.1) is 21.0 Å². The van der Waals surface area contributed by atoms with E-state index in [0.29, 0.717) is 37.1 Å². The Morgan fingerprint density at radius 1 is 1.08 bits per heavy atom. The molecule has 1 aliphatic rings. The van der Waals surface area contributed by atoms with Crippen LogP contribution in [0.5, 0.6) is 0 Å². The fourth-order valence-corrected chi connectivity index (χ4v) is 4.96. The zero-order chi connectivity index (χ0) is 26.1. The molecule has 0 bridgehead atoms. The maximum Gasteiger partial charge on any atom is 0.326 e. The standard InChI is InChI=1S/C25H27Cl2N5O4/c1-28-32-29-14-13-25(11-2-3-12-25)24(36)31-20(23(34)35)15-16-7-9-17(10-8-16)30-22(33)21-18(26)5-4-6-19(21)27/h4-10,20H,2-3,11-15H2,1H3,(H2-,30,31,33,34,35,36)/p+1. The third-order valence-electron chi connectivity index (χ3n) is 6.33. The van der Waals surface area contributed by atoms with Gasteiger partial charge in [0, 0.05) is 12.1 Å². The maximum absolute atomic E-state index is 13.2. The Morgan fingerprint density at radius 2 is 1.72 bits per heavy atom. The SMILES string of the molecule is CN=[N+]=NCCC1(C(=O)NC(Cc2ccc(NC(=O)c3c(Cl)cccc3Cl)cc2)C(=O)O)CCCC1. The van der Waals surface area contributed by atoms with Crippen LogP contribution >= 0.6 is 23.2 Å². The number of nitrogens with one attached hydrogen (secondary N) is 2. The van der Waals surface area contributed by atoms with Crippen LogP contribution in [-0.2, 0) is 16.0 Å². The average Bonchev–Trinajstić information content (AvgIpc) is 3.32. The van der Waals surface area contributed by atoms with Crippen molar-refractivity contribution in [3.63, 3.8) is 0 Å². The first-order valence-electron chi connectivity index (χ1n) is 11.6. The lowest BCUT2D eigenvalue weighted by Crippen LogP contribution is -2.49. The number of carboxylic acid groups (broad SMARTS) is 1. The molecule has 0 aliphatic heterocycles. The van der Waals surface area contributed by atoms with Gasteiger partial charge in [-0.1, -0.05) is 54.2 Å². The van der Waals surface area contributed by atoms with Gasteiger partial charge in [0.25, 0.3) is 5.91 Å². The van der Waals surface area contributed by atoms with Crippen LogP contribution in [0.4, 0.5) is 5.69 Å². The Bertz CT molecular complexity index is 1150. The van der Waals surface area contributed by atoms with Gasteiger partial charge in [0.1, 0.15) is 29.9 Å². The largest absolute Gasteiger partial charge is 0.480 e. The molecule has 1 saturated carbocycles. The molecule has 0 heterocycles. The van der Waals surface area contributed by atoms with Gasteiger partial charge < -0.3 is 15.7 Å². The first-order chi connectivity index (χ1) is 17.3. The number of carbonyl (C=O) groups is 3. The summed E-state index contributed by atoms with van der Waals surface area (Å²) in [5.74, 6) is -1.84. The molecule has 2 amide bonds. The molecule has 3 N–H and O–H groups in total. The van der Waals surface area contributed by atoms with E-state index in [1.165, 1.54) is 7.05 Å². The van der Waals surface area contributed by atoms with Gasteiger partial charge in [0.15, 0.2) is 0 Å². The number of benzene rings is 2. The quantitative estimate of drug-likeness (QED) is 0.296.